The van der Waals surface area contributed by atoms with Gasteiger partial charge in [-0.05, 0) is 45.6 Å². The van der Waals surface area contributed by atoms with Gasteiger partial charge >= 0.3 is 18.0 Å². The molecule has 1 saturated carbocycles. The Kier molecular flexibility index (Phi) is 7.62. The lowest BCUT2D eigenvalue weighted by Crippen LogP contribution is -2.51. The quantitative estimate of drug-likeness (QED) is 0.424. The standard InChI is InChI=1S/C24H32N2O8/c1-23(2,3)34-22(31)26-17(21(30)32-4)12-16(20(26)29)19(28)24(10-11-24)25-13-18(27)33-14-15-8-6-5-7-9-15/h5-9,16-17,19,25,28H,10-14H2,1-4H3/t16?,17-,19?/m0/s1. The van der Waals surface area contributed by atoms with E-state index in [9.17, 15) is 24.3 Å². The smallest absolute Gasteiger partial charge is 0.417 e. The summed E-state index contributed by atoms with van der Waals surface area (Å²) in [6.07, 6.45) is -1.24. The van der Waals surface area contributed by atoms with Crippen LogP contribution in [-0.4, -0.2) is 70.9 Å². The van der Waals surface area contributed by atoms with Gasteiger partial charge in [0.1, 0.15) is 18.2 Å². The molecule has 2 unspecified atom stereocenters. The van der Waals surface area contributed by atoms with Crippen LogP contribution in [0.1, 0.15) is 45.6 Å². The topological polar surface area (TPSA) is 131 Å². The molecule has 1 aliphatic carbocycles. The van der Waals surface area contributed by atoms with E-state index >= 15 is 0 Å². The third-order valence-corrected chi connectivity index (χ3v) is 5.97. The van der Waals surface area contributed by atoms with Crippen LogP contribution in [0.2, 0.25) is 0 Å². The van der Waals surface area contributed by atoms with Crippen molar-refractivity contribution in [2.24, 2.45) is 5.92 Å². The Morgan fingerprint density at radius 2 is 1.85 bits per heavy atom. The van der Waals surface area contributed by atoms with Gasteiger partial charge < -0.3 is 19.3 Å². The molecule has 1 saturated heterocycles. The predicted octanol–water partition coefficient (Wildman–Crippen LogP) is 1.54. The number of esters is 2. The SMILES string of the molecule is COC(=O)[C@@H]1CC(C(O)C2(NCC(=O)OCc3ccccc3)CC2)C(=O)N1C(=O)OC(C)(C)C. The van der Waals surface area contributed by atoms with Gasteiger partial charge in [-0.2, -0.15) is 0 Å². The number of likely N-dealkylation sites (tertiary alicyclic amines) is 1. The second-order valence-electron chi connectivity index (χ2n) is 9.67. The first-order valence-electron chi connectivity index (χ1n) is 11.2. The third-order valence-electron chi connectivity index (χ3n) is 5.97. The van der Waals surface area contributed by atoms with Crippen molar-refractivity contribution < 1.29 is 38.5 Å². The zero-order chi connectivity index (χ0) is 25.1. The van der Waals surface area contributed by atoms with Crippen molar-refractivity contribution in [3.63, 3.8) is 0 Å². The number of benzene rings is 1. The molecule has 1 aliphatic heterocycles. The van der Waals surface area contributed by atoms with Gasteiger partial charge in [-0.3, -0.25) is 14.9 Å². The largest absolute Gasteiger partial charge is 0.467 e. The normalized spacial score (nSPS) is 22.1. The Labute approximate surface area is 198 Å². The molecule has 1 aromatic rings. The van der Waals surface area contributed by atoms with Crippen molar-refractivity contribution in [1.82, 2.24) is 10.2 Å². The van der Waals surface area contributed by atoms with Crippen LogP contribution in [-0.2, 0) is 35.2 Å². The first-order chi connectivity index (χ1) is 16.0. The van der Waals surface area contributed by atoms with Crippen molar-refractivity contribution in [3.8, 4) is 0 Å². The zero-order valence-corrected chi connectivity index (χ0v) is 19.9. The van der Waals surface area contributed by atoms with E-state index in [2.05, 4.69) is 5.32 Å². The molecule has 3 atom stereocenters. The van der Waals surface area contributed by atoms with Gasteiger partial charge in [0.25, 0.3) is 0 Å². The zero-order valence-electron chi connectivity index (χ0n) is 19.9. The highest BCUT2D eigenvalue weighted by Gasteiger charge is 2.59. The molecule has 34 heavy (non-hydrogen) atoms. The van der Waals surface area contributed by atoms with Crippen LogP contribution < -0.4 is 5.32 Å². The summed E-state index contributed by atoms with van der Waals surface area (Å²) in [5, 5.41) is 14.1. The van der Waals surface area contributed by atoms with Crippen molar-refractivity contribution in [3.05, 3.63) is 35.9 Å². The summed E-state index contributed by atoms with van der Waals surface area (Å²) < 4.78 is 15.3. The lowest BCUT2D eigenvalue weighted by Gasteiger charge is -2.28. The van der Waals surface area contributed by atoms with Crippen LogP contribution in [0, 0.1) is 5.92 Å². The Morgan fingerprint density at radius 1 is 1.21 bits per heavy atom. The number of carbonyl (C=O) groups excluding carboxylic acids is 4. The average molecular weight is 477 g/mol. The Morgan fingerprint density at radius 3 is 2.41 bits per heavy atom. The van der Waals surface area contributed by atoms with Crippen LogP contribution in [0.4, 0.5) is 4.79 Å². The Bertz CT molecular complexity index is 923. The molecule has 3 rings (SSSR count). The summed E-state index contributed by atoms with van der Waals surface area (Å²) in [6.45, 7) is 4.91. The van der Waals surface area contributed by atoms with Crippen molar-refractivity contribution >= 4 is 23.9 Å². The molecule has 0 spiro atoms. The number of hydrogen-bond acceptors (Lipinski definition) is 9. The number of hydrogen-bond donors (Lipinski definition) is 2. The van der Waals surface area contributed by atoms with E-state index in [1.165, 1.54) is 0 Å². The molecule has 10 nitrogen and oxygen atoms in total. The van der Waals surface area contributed by atoms with Gasteiger partial charge in [0, 0.05) is 5.54 Å². The number of nitrogens with one attached hydrogen (secondary N) is 1. The second kappa shape index (κ2) is 10.1. The highest BCUT2D eigenvalue weighted by atomic mass is 16.6. The molecule has 2 N–H and O–H groups in total. The number of rotatable bonds is 8. The van der Waals surface area contributed by atoms with E-state index in [0.29, 0.717) is 12.8 Å². The van der Waals surface area contributed by atoms with Crippen LogP contribution in [0.3, 0.4) is 0 Å². The number of carbonyl (C=O) groups is 4. The van der Waals surface area contributed by atoms with Gasteiger partial charge in [0.05, 0.1) is 25.7 Å². The van der Waals surface area contributed by atoms with E-state index in [4.69, 9.17) is 14.2 Å². The molecular formula is C24H32N2O8. The van der Waals surface area contributed by atoms with E-state index in [1.807, 2.05) is 30.3 Å². The molecule has 186 valence electrons. The molecule has 0 aromatic heterocycles. The molecule has 1 heterocycles. The maximum atomic E-state index is 13.1. The van der Waals surface area contributed by atoms with Crippen LogP contribution >= 0.6 is 0 Å². The summed E-state index contributed by atoms with van der Waals surface area (Å²) in [5.74, 6) is -3.01. The third kappa shape index (κ3) is 5.92. The number of nitrogens with zero attached hydrogens (tertiary/aromatic N) is 1. The molecule has 2 amide bonds. The maximum Gasteiger partial charge on any atom is 0.417 e. The van der Waals surface area contributed by atoms with Crippen molar-refractivity contribution in [1.29, 1.82) is 0 Å². The van der Waals surface area contributed by atoms with Gasteiger partial charge in [-0.15, -0.1) is 0 Å². The number of ether oxygens (including phenoxy) is 3. The number of aliphatic hydroxyl groups excluding tert-OH is 1. The fourth-order valence-electron chi connectivity index (χ4n) is 4.04. The highest BCUT2D eigenvalue weighted by molar-refractivity contribution is 6.01. The maximum absolute atomic E-state index is 13.1. The fourth-order valence-corrected chi connectivity index (χ4v) is 4.04. The minimum atomic E-state index is -1.22. The average Bonchev–Trinajstić information content (AvgIpc) is 3.50. The fraction of sp³-hybridized carbons (Fsp3) is 0.583. The monoisotopic (exact) mass is 476 g/mol. The molecule has 10 heteroatoms. The molecule has 2 aliphatic rings. The number of methoxy groups -OCH3 is 1. The molecule has 2 fully saturated rings. The molecule has 0 bridgehead atoms. The van der Waals surface area contributed by atoms with Gasteiger partial charge in [-0.1, -0.05) is 30.3 Å². The summed E-state index contributed by atoms with van der Waals surface area (Å²) in [7, 11) is 1.16. The summed E-state index contributed by atoms with van der Waals surface area (Å²) in [5.41, 5.74) is -0.908. The number of imide groups is 1. The second-order valence-corrected chi connectivity index (χ2v) is 9.67. The highest BCUT2D eigenvalue weighted by Crippen LogP contribution is 2.44. The van der Waals surface area contributed by atoms with E-state index in [1.54, 1.807) is 20.8 Å². The molecule has 1 aromatic carbocycles. The molecular weight excluding hydrogens is 444 g/mol. The van der Waals surface area contributed by atoms with E-state index < -0.39 is 53.1 Å². The first kappa shape index (κ1) is 25.6. The van der Waals surface area contributed by atoms with Crippen molar-refractivity contribution in [2.75, 3.05) is 13.7 Å². The number of aliphatic hydroxyl groups is 1. The van der Waals surface area contributed by atoms with Crippen molar-refractivity contribution in [2.45, 2.75) is 69.9 Å². The van der Waals surface area contributed by atoms with Gasteiger partial charge in [-0.25, -0.2) is 14.5 Å². The number of amides is 2. The summed E-state index contributed by atoms with van der Waals surface area (Å²) >= 11 is 0. The minimum absolute atomic E-state index is 0.103. The minimum Gasteiger partial charge on any atom is -0.467 e. The lowest BCUT2D eigenvalue weighted by atomic mass is 9.91. The van der Waals surface area contributed by atoms with E-state index in [-0.39, 0.29) is 19.6 Å². The van der Waals surface area contributed by atoms with Gasteiger partial charge in [0.15, 0.2) is 0 Å². The van der Waals surface area contributed by atoms with Crippen LogP contribution in [0.25, 0.3) is 0 Å². The van der Waals surface area contributed by atoms with E-state index in [0.717, 1.165) is 17.6 Å². The lowest BCUT2D eigenvalue weighted by molar-refractivity contribution is -0.149. The predicted molar refractivity (Wildman–Crippen MR) is 119 cm³/mol. The van der Waals surface area contributed by atoms with Crippen LogP contribution in [0.5, 0.6) is 0 Å². The molecule has 0 radical (unpaired) electrons. The first-order valence-corrected chi connectivity index (χ1v) is 11.2. The summed E-state index contributed by atoms with van der Waals surface area (Å²) in [4.78, 5) is 51.0. The van der Waals surface area contributed by atoms with Gasteiger partial charge in [0.2, 0.25) is 5.91 Å². The van der Waals surface area contributed by atoms with Crippen LogP contribution in [0.15, 0.2) is 30.3 Å². The Balaban J connectivity index is 1.63. The summed E-state index contributed by atoms with van der Waals surface area (Å²) in [6, 6.07) is 8.04. The Hall–Kier alpha value is -2.98.